The maximum absolute atomic E-state index is 11.7. The standard InChI is InChI=1S/C18H23N3O3/c1-4-14-5-6-15(19-13-14)11-12-24-17-9-7-16(8-10-17)20-18(22)21(2)23-3/h5-10,13H,4,11-12H2,1-3H3,(H,20,22). The number of carbonyl (C=O) groups is 1. The van der Waals surface area contributed by atoms with E-state index in [0.29, 0.717) is 12.3 Å². The number of carbonyl (C=O) groups excluding carboxylic acids is 1. The third kappa shape index (κ3) is 5.24. The third-order valence-corrected chi connectivity index (χ3v) is 3.59. The van der Waals surface area contributed by atoms with Gasteiger partial charge in [0.05, 0.1) is 13.7 Å². The molecule has 1 heterocycles. The molecular formula is C18H23N3O3. The molecule has 24 heavy (non-hydrogen) atoms. The molecule has 128 valence electrons. The van der Waals surface area contributed by atoms with Crippen molar-refractivity contribution in [1.82, 2.24) is 10.0 Å². The minimum absolute atomic E-state index is 0.340. The number of rotatable bonds is 7. The summed E-state index contributed by atoms with van der Waals surface area (Å²) in [5, 5.41) is 3.82. The van der Waals surface area contributed by atoms with Crippen LogP contribution in [0, 0.1) is 0 Å². The normalized spacial score (nSPS) is 10.3. The van der Waals surface area contributed by atoms with Crippen LogP contribution < -0.4 is 10.1 Å². The highest BCUT2D eigenvalue weighted by Gasteiger charge is 2.07. The second-order valence-electron chi connectivity index (χ2n) is 5.24. The average molecular weight is 329 g/mol. The first-order chi connectivity index (χ1) is 11.6. The van der Waals surface area contributed by atoms with Crippen molar-refractivity contribution in [3.8, 4) is 5.75 Å². The number of aryl methyl sites for hydroxylation is 1. The molecule has 0 saturated carbocycles. The SMILES string of the molecule is CCc1ccc(CCOc2ccc(NC(=O)N(C)OC)cc2)nc1. The second kappa shape index (κ2) is 8.88. The van der Waals surface area contributed by atoms with Crippen molar-refractivity contribution >= 4 is 11.7 Å². The van der Waals surface area contributed by atoms with Gasteiger partial charge in [-0.3, -0.25) is 9.82 Å². The summed E-state index contributed by atoms with van der Waals surface area (Å²) < 4.78 is 5.71. The zero-order chi connectivity index (χ0) is 17.4. The number of pyridine rings is 1. The van der Waals surface area contributed by atoms with Gasteiger partial charge in [0, 0.05) is 31.0 Å². The quantitative estimate of drug-likeness (QED) is 0.792. The molecule has 0 fully saturated rings. The Kier molecular flexibility index (Phi) is 6.57. The van der Waals surface area contributed by atoms with Gasteiger partial charge in [-0.2, -0.15) is 0 Å². The molecular weight excluding hydrogens is 306 g/mol. The molecule has 0 spiro atoms. The van der Waals surface area contributed by atoms with Gasteiger partial charge >= 0.3 is 6.03 Å². The first kappa shape index (κ1) is 17.7. The van der Waals surface area contributed by atoms with E-state index in [2.05, 4.69) is 23.3 Å². The number of aromatic nitrogens is 1. The predicted octanol–water partition coefficient (Wildman–Crippen LogP) is 3.29. The lowest BCUT2D eigenvalue weighted by atomic mass is 10.2. The number of benzene rings is 1. The van der Waals surface area contributed by atoms with E-state index in [-0.39, 0.29) is 6.03 Å². The van der Waals surface area contributed by atoms with Gasteiger partial charge in [-0.05, 0) is 42.3 Å². The Labute approximate surface area is 142 Å². The number of hydrogen-bond donors (Lipinski definition) is 1. The maximum atomic E-state index is 11.7. The summed E-state index contributed by atoms with van der Waals surface area (Å²) in [6.45, 7) is 2.66. The minimum atomic E-state index is -0.340. The second-order valence-corrected chi connectivity index (χ2v) is 5.24. The molecule has 0 aliphatic carbocycles. The van der Waals surface area contributed by atoms with Gasteiger partial charge in [0.2, 0.25) is 0 Å². The van der Waals surface area contributed by atoms with Crippen molar-refractivity contribution in [2.75, 3.05) is 26.1 Å². The van der Waals surface area contributed by atoms with Gasteiger partial charge in [0.1, 0.15) is 5.75 Å². The highest BCUT2D eigenvalue weighted by molar-refractivity contribution is 5.88. The van der Waals surface area contributed by atoms with Crippen LogP contribution in [-0.2, 0) is 17.7 Å². The maximum Gasteiger partial charge on any atom is 0.345 e. The molecule has 0 unspecified atom stereocenters. The molecule has 2 amide bonds. The number of hydrogen-bond acceptors (Lipinski definition) is 4. The first-order valence-electron chi connectivity index (χ1n) is 7.88. The molecule has 2 aromatic rings. The van der Waals surface area contributed by atoms with Crippen molar-refractivity contribution in [3.05, 3.63) is 53.9 Å². The number of ether oxygens (including phenoxy) is 1. The Morgan fingerprint density at radius 2 is 1.96 bits per heavy atom. The van der Waals surface area contributed by atoms with Crippen LogP contribution in [0.4, 0.5) is 10.5 Å². The molecule has 0 atom stereocenters. The molecule has 6 nitrogen and oxygen atoms in total. The van der Waals surface area contributed by atoms with Crippen LogP contribution in [-0.4, -0.2) is 36.8 Å². The fourth-order valence-corrected chi connectivity index (χ4v) is 2.01. The fraction of sp³-hybridized carbons (Fsp3) is 0.333. The summed E-state index contributed by atoms with van der Waals surface area (Å²) in [4.78, 5) is 20.9. The topological polar surface area (TPSA) is 63.7 Å². The van der Waals surface area contributed by atoms with E-state index in [1.165, 1.54) is 19.7 Å². The summed E-state index contributed by atoms with van der Waals surface area (Å²) >= 11 is 0. The summed E-state index contributed by atoms with van der Waals surface area (Å²) in [7, 11) is 2.97. The number of nitrogens with zero attached hydrogens (tertiary/aromatic N) is 2. The van der Waals surface area contributed by atoms with Gasteiger partial charge in [-0.15, -0.1) is 0 Å². The Morgan fingerprint density at radius 1 is 1.21 bits per heavy atom. The molecule has 0 saturated heterocycles. The molecule has 0 aliphatic rings. The number of nitrogens with one attached hydrogen (secondary N) is 1. The lowest BCUT2D eigenvalue weighted by molar-refractivity contribution is -0.0598. The lowest BCUT2D eigenvalue weighted by Gasteiger charge is -2.14. The Balaban J connectivity index is 1.80. The van der Waals surface area contributed by atoms with Crippen molar-refractivity contribution in [2.45, 2.75) is 19.8 Å². The molecule has 1 N–H and O–H groups in total. The van der Waals surface area contributed by atoms with Crippen molar-refractivity contribution in [2.24, 2.45) is 0 Å². The summed E-state index contributed by atoms with van der Waals surface area (Å²) in [5.41, 5.74) is 2.92. The Bertz CT molecular complexity index is 642. The predicted molar refractivity (Wildman–Crippen MR) is 93.0 cm³/mol. The van der Waals surface area contributed by atoms with Crippen molar-refractivity contribution in [1.29, 1.82) is 0 Å². The van der Waals surface area contributed by atoms with E-state index in [0.717, 1.165) is 29.3 Å². The van der Waals surface area contributed by atoms with Gasteiger partial charge in [-0.1, -0.05) is 13.0 Å². The number of hydroxylamine groups is 2. The third-order valence-electron chi connectivity index (χ3n) is 3.59. The van der Waals surface area contributed by atoms with Crippen LogP contribution >= 0.6 is 0 Å². The monoisotopic (exact) mass is 329 g/mol. The number of anilines is 1. The number of amides is 2. The molecule has 0 aliphatic heterocycles. The molecule has 1 aromatic carbocycles. The van der Waals surface area contributed by atoms with E-state index in [1.54, 1.807) is 12.1 Å². The van der Waals surface area contributed by atoms with Gasteiger partial charge in [-0.25, -0.2) is 9.86 Å². The molecule has 2 rings (SSSR count). The molecule has 0 radical (unpaired) electrons. The lowest BCUT2D eigenvalue weighted by Crippen LogP contribution is -2.30. The Morgan fingerprint density at radius 3 is 2.54 bits per heavy atom. The van der Waals surface area contributed by atoms with Gasteiger partial charge in [0.25, 0.3) is 0 Å². The van der Waals surface area contributed by atoms with Crippen LogP contribution in [0.5, 0.6) is 5.75 Å². The fourth-order valence-electron chi connectivity index (χ4n) is 2.01. The van der Waals surface area contributed by atoms with E-state index in [9.17, 15) is 4.79 Å². The highest BCUT2D eigenvalue weighted by Crippen LogP contribution is 2.16. The van der Waals surface area contributed by atoms with E-state index >= 15 is 0 Å². The summed E-state index contributed by atoms with van der Waals surface area (Å²) in [5.74, 6) is 0.748. The van der Waals surface area contributed by atoms with Crippen LogP contribution in [0.15, 0.2) is 42.6 Å². The Hall–Kier alpha value is -2.60. The average Bonchev–Trinajstić information content (AvgIpc) is 2.63. The van der Waals surface area contributed by atoms with Gasteiger partial charge in [0.15, 0.2) is 0 Å². The molecule has 0 bridgehead atoms. The van der Waals surface area contributed by atoms with Crippen LogP contribution in [0.2, 0.25) is 0 Å². The molecule has 1 aromatic heterocycles. The van der Waals surface area contributed by atoms with Crippen LogP contribution in [0.1, 0.15) is 18.2 Å². The smallest absolute Gasteiger partial charge is 0.345 e. The van der Waals surface area contributed by atoms with Crippen LogP contribution in [0.25, 0.3) is 0 Å². The zero-order valence-corrected chi connectivity index (χ0v) is 14.3. The highest BCUT2D eigenvalue weighted by atomic mass is 16.7. The van der Waals surface area contributed by atoms with Crippen LogP contribution in [0.3, 0.4) is 0 Å². The minimum Gasteiger partial charge on any atom is -0.493 e. The largest absolute Gasteiger partial charge is 0.493 e. The van der Waals surface area contributed by atoms with Crippen molar-refractivity contribution < 1.29 is 14.4 Å². The van der Waals surface area contributed by atoms with Crippen molar-refractivity contribution in [3.63, 3.8) is 0 Å². The molecule has 6 heteroatoms. The van der Waals surface area contributed by atoms with E-state index in [1.807, 2.05) is 24.4 Å². The van der Waals surface area contributed by atoms with E-state index in [4.69, 9.17) is 9.57 Å². The summed E-state index contributed by atoms with van der Waals surface area (Å²) in [6, 6.07) is 11.0. The van der Waals surface area contributed by atoms with Gasteiger partial charge < -0.3 is 10.1 Å². The summed E-state index contributed by atoms with van der Waals surface area (Å²) in [6.07, 6.45) is 3.65. The van der Waals surface area contributed by atoms with E-state index < -0.39 is 0 Å². The first-order valence-corrected chi connectivity index (χ1v) is 7.88. The number of urea groups is 1. The zero-order valence-electron chi connectivity index (χ0n) is 14.3.